The normalized spacial score (nSPS) is 17.6. The van der Waals surface area contributed by atoms with Crippen LogP contribution in [0.4, 0.5) is 0 Å². The summed E-state index contributed by atoms with van der Waals surface area (Å²) in [6, 6.07) is 4.67. The minimum absolute atomic E-state index is 0. The fraction of sp³-hybridized carbons (Fsp3) is 0.667. The van der Waals surface area contributed by atoms with Gasteiger partial charge in [0.05, 0.1) is 14.2 Å². The van der Waals surface area contributed by atoms with E-state index in [2.05, 4.69) is 47.1 Å². The number of likely N-dealkylation sites (tertiary alicyclic amines) is 1. The van der Waals surface area contributed by atoms with E-state index in [9.17, 15) is 0 Å². The fourth-order valence-electron chi connectivity index (χ4n) is 3.82. The van der Waals surface area contributed by atoms with Crippen molar-refractivity contribution in [2.75, 3.05) is 47.9 Å². The number of guanidine groups is 1. The average molecular weight is 504 g/mol. The molecular weight excluding hydrogens is 467 g/mol. The second-order valence-corrected chi connectivity index (χ2v) is 7.20. The van der Waals surface area contributed by atoms with Crippen LogP contribution >= 0.6 is 24.0 Å². The molecule has 0 aromatic heterocycles. The Morgan fingerprint density at radius 3 is 2.54 bits per heavy atom. The van der Waals surface area contributed by atoms with E-state index in [1.54, 1.807) is 14.2 Å². The number of hydrogen-bond acceptors (Lipinski definition) is 4. The largest absolute Gasteiger partial charge is 0.493 e. The Labute approximate surface area is 187 Å². The van der Waals surface area contributed by atoms with Crippen molar-refractivity contribution in [3.8, 4) is 11.5 Å². The van der Waals surface area contributed by atoms with Gasteiger partial charge >= 0.3 is 0 Å². The number of aliphatic imine (C=N–C) groups is 1. The van der Waals surface area contributed by atoms with Crippen LogP contribution in [0.1, 0.15) is 37.3 Å². The molecule has 1 aromatic carbocycles. The maximum atomic E-state index is 5.46. The molecule has 1 atom stereocenters. The standard InChI is InChI=1S/C21H36N4O2.HI/c1-7-25-11-9-8-10-18(25)14-23-21(22-3)24(4)15-17-13-20(27-6)19(26-5)12-16(17)2;/h12-13,18H,7-11,14-15H2,1-6H3,(H,22,23);1H. The number of hydrogen-bond donors (Lipinski definition) is 1. The van der Waals surface area contributed by atoms with Crippen molar-refractivity contribution in [1.29, 1.82) is 0 Å². The Bertz CT molecular complexity index is 639. The predicted octanol–water partition coefficient (Wildman–Crippen LogP) is 3.51. The molecule has 1 aliphatic heterocycles. The highest BCUT2D eigenvalue weighted by Gasteiger charge is 2.21. The number of aryl methyl sites for hydroxylation is 1. The molecule has 2 rings (SSSR count). The van der Waals surface area contributed by atoms with E-state index in [0.717, 1.165) is 37.1 Å². The average Bonchev–Trinajstić information content (AvgIpc) is 2.69. The highest BCUT2D eigenvalue weighted by Crippen LogP contribution is 2.30. The first-order chi connectivity index (χ1) is 13.0. The summed E-state index contributed by atoms with van der Waals surface area (Å²) in [5.74, 6) is 2.45. The van der Waals surface area contributed by atoms with Crippen LogP contribution in [0, 0.1) is 6.92 Å². The zero-order valence-corrected chi connectivity index (χ0v) is 20.6. The number of piperidine rings is 1. The molecule has 1 fully saturated rings. The first-order valence-corrected chi connectivity index (χ1v) is 9.91. The van der Waals surface area contributed by atoms with Crippen molar-refractivity contribution in [2.45, 2.75) is 45.7 Å². The molecule has 160 valence electrons. The van der Waals surface area contributed by atoms with Crippen molar-refractivity contribution in [1.82, 2.24) is 15.1 Å². The van der Waals surface area contributed by atoms with E-state index in [4.69, 9.17) is 9.47 Å². The van der Waals surface area contributed by atoms with E-state index in [0.29, 0.717) is 6.04 Å². The maximum absolute atomic E-state index is 5.46. The molecule has 0 amide bonds. The van der Waals surface area contributed by atoms with Gasteiger partial charge in [-0.25, -0.2) is 0 Å². The van der Waals surface area contributed by atoms with Crippen molar-refractivity contribution in [2.24, 2.45) is 4.99 Å². The third kappa shape index (κ3) is 6.40. The van der Waals surface area contributed by atoms with Crippen molar-refractivity contribution >= 4 is 29.9 Å². The molecule has 0 bridgehead atoms. The van der Waals surface area contributed by atoms with Crippen molar-refractivity contribution in [3.63, 3.8) is 0 Å². The lowest BCUT2D eigenvalue weighted by molar-refractivity contribution is 0.156. The zero-order valence-electron chi connectivity index (χ0n) is 18.2. The lowest BCUT2D eigenvalue weighted by atomic mass is 10.0. The number of nitrogens with zero attached hydrogens (tertiary/aromatic N) is 3. The molecule has 1 aromatic rings. The first-order valence-electron chi connectivity index (χ1n) is 9.91. The smallest absolute Gasteiger partial charge is 0.193 e. The van der Waals surface area contributed by atoms with Gasteiger partial charge in [-0.3, -0.25) is 9.89 Å². The Morgan fingerprint density at radius 2 is 1.93 bits per heavy atom. The fourth-order valence-corrected chi connectivity index (χ4v) is 3.82. The van der Waals surface area contributed by atoms with Gasteiger partial charge in [-0.15, -0.1) is 24.0 Å². The molecule has 1 aliphatic rings. The van der Waals surface area contributed by atoms with Gasteiger partial charge in [-0.2, -0.15) is 0 Å². The topological polar surface area (TPSA) is 49.3 Å². The maximum Gasteiger partial charge on any atom is 0.193 e. The van der Waals surface area contributed by atoms with E-state index in [-0.39, 0.29) is 24.0 Å². The summed E-state index contributed by atoms with van der Waals surface area (Å²) in [4.78, 5) is 9.21. The lowest BCUT2D eigenvalue weighted by Gasteiger charge is -2.35. The Balaban J connectivity index is 0.00000392. The highest BCUT2D eigenvalue weighted by atomic mass is 127. The van der Waals surface area contributed by atoms with Crippen LogP contribution in [-0.2, 0) is 6.54 Å². The summed E-state index contributed by atoms with van der Waals surface area (Å²) in [6.45, 7) is 8.37. The van der Waals surface area contributed by atoms with Gasteiger partial charge in [-0.1, -0.05) is 13.3 Å². The van der Waals surface area contributed by atoms with Crippen LogP contribution in [0.3, 0.4) is 0 Å². The summed E-state index contributed by atoms with van der Waals surface area (Å²) in [5.41, 5.74) is 2.38. The first kappa shape index (κ1) is 24.8. The van der Waals surface area contributed by atoms with Gasteiger partial charge in [0.2, 0.25) is 0 Å². The van der Waals surface area contributed by atoms with Gasteiger partial charge in [0, 0.05) is 33.2 Å². The number of likely N-dealkylation sites (N-methyl/N-ethyl adjacent to an activating group) is 1. The molecule has 0 aliphatic carbocycles. The van der Waals surface area contributed by atoms with E-state index in [1.165, 1.54) is 36.9 Å². The van der Waals surface area contributed by atoms with Crippen LogP contribution in [0.2, 0.25) is 0 Å². The lowest BCUT2D eigenvalue weighted by Crippen LogP contribution is -2.49. The summed E-state index contributed by atoms with van der Waals surface area (Å²) >= 11 is 0. The molecule has 1 N–H and O–H groups in total. The van der Waals surface area contributed by atoms with Crippen molar-refractivity contribution < 1.29 is 9.47 Å². The third-order valence-electron chi connectivity index (χ3n) is 5.47. The highest BCUT2D eigenvalue weighted by molar-refractivity contribution is 14.0. The van der Waals surface area contributed by atoms with Crippen LogP contribution in [-0.4, -0.2) is 69.8 Å². The second-order valence-electron chi connectivity index (χ2n) is 7.20. The number of ether oxygens (including phenoxy) is 2. The second kappa shape index (κ2) is 12.4. The third-order valence-corrected chi connectivity index (χ3v) is 5.47. The summed E-state index contributed by atoms with van der Waals surface area (Å²) in [5, 5.41) is 3.57. The number of nitrogens with one attached hydrogen (secondary N) is 1. The van der Waals surface area contributed by atoms with Gasteiger partial charge in [0.25, 0.3) is 0 Å². The molecule has 1 saturated heterocycles. The van der Waals surface area contributed by atoms with Crippen LogP contribution in [0.5, 0.6) is 11.5 Å². The van der Waals surface area contributed by atoms with E-state index >= 15 is 0 Å². The molecule has 0 radical (unpaired) electrons. The molecule has 0 spiro atoms. The molecule has 6 nitrogen and oxygen atoms in total. The minimum Gasteiger partial charge on any atom is -0.493 e. The van der Waals surface area contributed by atoms with Crippen LogP contribution in [0.25, 0.3) is 0 Å². The number of halogens is 1. The van der Waals surface area contributed by atoms with Gasteiger partial charge in [0.15, 0.2) is 17.5 Å². The number of rotatable bonds is 7. The SMILES string of the molecule is CCN1CCCCC1CNC(=NC)N(C)Cc1cc(OC)c(OC)cc1C.I. The van der Waals surface area contributed by atoms with Gasteiger partial charge in [0.1, 0.15) is 0 Å². The molecule has 1 heterocycles. The Hall–Kier alpha value is -1.22. The summed E-state index contributed by atoms with van der Waals surface area (Å²) in [7, 11) is 7.26. The van der Waals surface area contributed by atoms with E-state index < -0.39 is 0 Å². The monoisotopic (exact) mass is 504 g/mol. The van der Waals surface area contributed by atoms with Gasteiger partial charge < -0.3 is 19.7 Å². The quantitative estimate of drug-likeness (QED) is 0.350. The molecule has 28 heavy (non-hydrogen) atoms. The summed E-state index contributed by atoms with van der Waals surface area (Å²) < 4.78 is 10.8. The molecular formula is C21H37IN4O2. The van der Waals surface area contributed by atoms with Crippen LogP contribution in [0.15, 0.2) is 17.1 Å². The summed E-state index contributed by atoms with van der Waals surface area (Å²) in [6.07, 6.45) is 3.90. The molecule has 7 heteroatoms. The van der Waals surface area contributed by atoms with Crippen molar-refractivity contribution in [3.05, 3.63) is 23.3 Å². The zero-order chi connectivity index (χ0) is 19.8. The van der Waals surface area contributed by atoms with Gasteiger partial charge in [-0.05, 0) is 56.1 Å². The number of methoxy groups -OCH3 is 2. The van der Waals surface area contributed by atoms with E-state index in [1.807, 2.05) is 13.1 Å². The Morgan fingerprint density at radius 1 is 1.25 bits per heavy atom. The number of benzene rings is 1. The molecule has 1 unspecified atom stereocenters. The Kier molecular flexibility index (Phi) is 11.0. The molecule has 0 saturated carbocycles. The predicted molar refractivity (Wildman–Crippen MR) is 127 cm³/mol. The van der Waals surface area contributed by atoms with Crippen LogP contribution < -0.4 is 14.8 Å². The minimum atomic E-state index is 0.